The Hall–Kier alpha value is -3.36. The van der Waals surface area contributed by atoms with E-state index in [9.17, 15) is 13.2 Å². The first-order chi connectivity index (χ1) is 17.0. The van der Waals surface area contributed by atoms with Gasteiger partial charge in [-0.15, -0.1) is 0 Å². The summed E-state index contributed by atoms with van der Waals surface area (Å²) in [7, 11) is -3.65. The number of nitrogens with zero attached hydrogens (tertiary/aromatic N) is 2. The van der Waals surface area contributed by atoms with Gasteiger partial charge in [0.05, 0.1) is 4.90 Å². The van der Waals surface area contributed by atoms with E-state index in [0.29, 0.717) is 17.8 Å². The van der Waals surface area contributed by atoms with Crippen molar-refractivity contribution < 1.29 is 13.2 Å². The van der Waals surface area contributed by atoms with Gasteiger partial charge in [0.1, 0.15) is 0 Å². The monoisotopic (exact) mass is 492 g/mol. The number of amides is 1. The number of hydrogen-bond donors (Lipinski definition) is 2. The number of carbonyl (C=O) groups excluding carboxylic acids is 1. The second-order valence-electron chi connectivity index (χ2n) is 8.62. The molecule has 0 aromatic heterocycles. The molecule has 4 rings (SSSR count). The lowest BCUT2D eigenvalue weighted by Gasteiger charge is -2.36. The largest absolute Gasteiger partial charge is 0.369 e. The molecule has 2 N–H and O–H groups in total. The summed E-state index contributed by atoms with van der Waals surface area (Å²) in [5.74, 6) is -0.154. The van der Waals surface area contributed by atoms with Crippen molar-refractivity contribution in [3.63, 3.8) is 0 Å². The van der Waals surface area contributed by atoms with E-state index in [2.05, 4.69) is 44.1 Å². The maximum Gasteiger partial charge on any atom is 0.261 e. The number of benzene rings is 3. The lowest BCUT2D eigenvalue weighted by atomic mass is 10.2. The third-order valence-corrected chi connectivity index (χ3v) is 7.53. The summed E-state index contributed by atoms with van der Waals surface area (Å²) in [5.41, 5.74) is 2.21. The molecule has 0 aliphatic carbocycles. The molecule has 0 bridgehead atoms. The van der Waals surface area contributed by atoms with Crippen molar-refractivity contribution in [1.29, 1.82) is 0 Å². The van der Waals surface area contributed by atoms with Gasteiger partial charge in [0, 0.05) is 49.7 Å². The summed E-state index contributed by atoms with van der Waals surface area (Å²) in [6.07, 6.45) is 1.95. The van der Waals surface area contributed by atoms with Crippen LogP contribution in [0.15, 0.2) is 89.8 Å². The minimum atomic E-state index is -3.65. The molecule has 184 valence electrons. The molecular weight excluding hydrogens is 460 g/mol. The third-order valence-electron chi connectivity index (χ3n) is 6.13. The Bertz CT molecular complexity index is 1180. The molecule has 0 atom stereocenters. The average Bonchev–Trinajstić information content (AvgIpc) is 2.90. The number of nitrogens with one attached hydrogen (secondary N) is 2. The van der Waals surface area contributed by atoms with Crippen molar-refractivity contribution in [2.24, 2.45) is 0 Å². The molecule has 0 radical (unpaired) electrons. The Morgan fingerprint density at radius 2 is 1.40 bits per heavy atom. The van der Waals surface area contributed by atoms with Gasteiger partial charge < -0.3 is 10.2 Å². The lowest BCUT2D eigenvalue weighted by molar-refractivity contribution is 0.0952. The Morgan fingerprint density at radius 3 is 2.06 bits per heavy atom. The van der Waals surface area contributed by atoms with E-state index in [0.717, 1.165) is 45.6 Å². The van der Waals surface area contributed by atoms with Gasteiger partial charge >= 0.3 is 0 Å². The van der Waals surface area contributed by atoms with E-state index in [4.69, 9.17) is 0 Å². The van der Waals surface area contributed by atoms with Crippen LogP contribution < -0.4 is 14.9 Å². The Kier molecular flexibility index (Phi) is 8.39. The van der Waals surface area contributed by atoms with Crippen LogP contribution >= 0.6 is 0 Å². The Labute approximate surface area is 207 Å². The van der Waals surface area contributed by atoms with Gasteiger partial charge in [-0.05, 0) is 67.9 Å². The van der Waals surface area contributed by atoms with E-state index < -0.39 is 10.0 Å². The molecular formula is C27H32N4O3S. The van der Waals surface area contributed by atoms with E-state index in [1.165, 1.54) is 17.8 Å². The van der Waals surface area contributed by atoms with E-state index >= 15 is 0 Å². The van der Waals surface area contributed by atoms with Crippen LogP contribution in [0.3, 0.4) is 0 Å². The number of sulfonamides is 1. The zero-order valence-electron chi connectivity index (χ0n) is 19.8. The van der Waals surface area contributed by atoms with Crippen molar-refractivity contribution in [3.05, 3.63) is 90.5 Å². The molecule has 3 aromatic rings. The topological polar surface area (TPSA) is 81.8 Å². The first-order valence-electron chi connectivity index (χ1n) is 12.0. The SMILES string of the molecule is O=C(NCCCCN1CCN(c2ccccc2)CC1)c1ccc(NS(=O)(=O)c2ccccc2)cc1. The van der Waals surface area contributed by atoms with Crippen LogP contribution in [0, 0.1) is 0 Å². The van der Waals surface area contributed by atoms with E-state index in [1.54, 1.807) is 42.5 Å². The lowest BCUT2D eigenvalue weighted by Crippen LogP contribution is -2.46. The summed E-state index contributed by atoms with van der Waals surface area (Å²) in [6.45, 7) is 5.85. The molecule has 1 aliphatic rings. The summed E-state index contributed by atoms with van der Waals surface area (Å²) in [5, 5.41) is 2.95. The maximum absolute atomic E-state index is 12.4. The second kappa shape index (κ2) is 11.9. The fourth-order valence-electron chi connectivity index (χ4n) is 4.14. The predicted octanol–water partition coefficient (Wildman–Crippen LogP) is 3.82. The van der Waals surface area contributed by atoms with Crippen LogP contribution in [0.5, 0.6) is 0 Å². The highest BCUT2D eigenvalue weighted by atomic mass is 32.2. The number of carbonyl (C=O) groups is 1. The number of piperazine rings is 1. The number of rotatable bonds is 10. The van der Waals surface area contributed by atoms with Gasteiger partial charge in [0.25, 0.3) is 15.9 Å². The van der Waals surface area contributed by atoms with Crippen LogP contribution in [0.1, 0.15) is 23.2 Å². The molecule has 7 nitrogen and oxygen atoms in total. The van der Waals surface area contributed by atoms with Crippen LogP contribution in [-0.2, 0) is 10.0 Å². The van der Waals surface area contributed by atoms with Crippen LogP contribution in [0.25, 0.3) is 0 Å². The average molecular weight is 493 g/mol. The summed E-state index contributed by atoms with van der Waals surface area (Å²) < 4.78 is 27.4. The van der Waals surface area contributed by atoms with Crippen LogP contribution in [0.2, 0.25) is 0 Å². The van der Waals surface area contributed by atoms with Crippen molar-refractivity contribution in [2.75, 3.05) is 48.9 Å². The number of para-hydroxylation sites is 1. The van der Waals surface area contributed by atoms with E-state index in [-0.39, 0.29) is 10.8 Å². The smallest absolute Gasteiger partial charge is 0.261 e. The first-order valence-corrected chi connectivity index (χ1v) is 13.5. The Morgan fingerprint density at radius 1 is 0.771 bits per heavy atom. The van der Waals surface area contributed by atoms with Crippen molar-refractivity contribution in [1.82, 2.24) is 10.2 Å². The first kappa shape index (κ1) is 24.8. The zero-order chi connectivity index (χ0) is 24.5. The molecule has 8 heteroatoms. The van der Waals surface area contributed by atoms with Gasteiger partial charge in [-0.25, -0.2) is 8.42 Å². The highest BCUT2D eigenvalue weighted by Crippen LogP contribution is 2.17. The predicted molar refractivity (Wildman–Crippen MR) is 140 cm³/mol. The normalized spacial score (nSPS) is 14.5. The standard InChI is InChI=1S/C27H32N4O3S/c32-27(23-13-15-24(16-14-23)29-35(33,34)26-11-5-2-6-12-26)28-17-7-8-18-30-19-21-31(22-20-30)25-9-3-1-4-10-25/h1-6,9-16,29H,7-8,17-22H2,(H,28,32). The van der Waals surface area contributed by atoms with Gasteiger partial charge in [-0.1, -0.05) is 36.4 Å². The molecule has 1 amide bonds. The molecule has 1 heterocycles. The Balaban J connectivity index is 1.14. The van der Waals surface area contributed by atoms with Gasteiger partial charge in [0.15, 0.2) is 0 Å². The summed E-state index contributed by atoms with van der Waals surface area (Å²) >= 11 is 0. The van der Waals surface area contributed by atoms with Gasteiger partial charge in [0.2, 0.25) is 0 Å². The zero-order valence-corrected chi connectivity index (χ0v) is 20.6. The minimum Gasteiger partial charge on any atom is -0.369 e. The van der Waals surface area contributed by atoms with Crippen molar-refractivity contribution in [3.8, 4) is 0 Å². The molecule has 1 aliphatic heterocycles. The van der Waals surface area contributed by atoms with Gasteiger partial charge in [-0.3, -0.25) is 14.4 Å². The molecule has 0 unspecified atom stereocenters. The quantitative estimate of drug-likeness (QED) is 0.421. The second-order valence-corrected chi connectivity index (χ2v) is 10.3. The van der Waals surface area contributed by atoms with Crippen molar-refractivity contribution in [2.45, 2.75) is 17.7 Å². The third kappa shape index (κ3) is 7.07. The summed E-state index contributed by atoms with van der Waals surface area (Å²) in [4.78, 5) is 17.5. The highest BCUT2D eigenvalue weighted by Gasteiger charge is 2.17. The molecule has 1 fully saturated rings. The molecule has 1 saturated heterocycles. The minimum absolute atomic E-state index is 0.154. The maximum atomic E-state index is 12.4. The number of anilines is 2. The molecule has 0 saturated carbocycles. The molecule has 0 spiro atoms. The van der Waals surface area contributed by atoms with Crippen molar-refractivity contribution >= 4 is 27.3 Å². The highest BCUT2D eigenvalue weighted by molar-refractivity contribution is 7.92. The van der Waals surface area contributed by atoms with E-state index in [1.807, 2.05) is 6.07 Å². The van der Waals surface area contributed by atoms with Crippen LogP contribution in [-0.4, -0.2) is 58.5 Å². The fraction of sp³-hybridized carbons (Fsp3) is 0.296. The number of unbranched alkanes of at least 4 members (excludes halogenated alkanes) is 1. The number of hydrogen-bond acceptors (Lipinski definition) is 5. The molecule has 3 aromatic carbocycles. The van der Waals surface area contributed by atoms with Gasteiger partial charge in [-0.2, -0.15) is 0 Å². The molecule has 35 heavy (non-hydrogen) atoms. The summed E-state index contributed by atoms with van der Waals surface area (Å²) in [6, 6.07) is 25.2. The van der Waals surface area contributed by atoms with Crippen LogP contribution in [0.4, 0.5) is 11.4 Å². The fourth-order valence-corrected chi connectivity index (χ4v) is 5.22.